The molecule has 2 amide bonds. The molecule has 0 fully saturated rings. The fraction of sp³-hybridized carbons (Fsp3) is 0.129. The number of carbonyl (C=O) groups excluding carboxylic acids is 2. The number of rotatable bonds is 9. The van der Waals surface area contributed by atoms with Crippen molar-refractivity contribution in [3.8, 4) is 11.1 Å². The van der Waals surface area contributed by atoms with Crippen LogP contribution in [0.4, 0.5) is 0 Å². The van der Waals surface area contributed by atoms with Crippen molar-refractivity contribution in [3.63, 3.8) is 0 Å². The van der Waals surface area contributed by atoms with E-state index >= 15 is 0 Å². The molecule has 0 aromatic heterocycles. The molecular formula is C31H29N3O2. The van der Waals surface area contributed by atoms with Gasteiger partial charge in [-0.2, -0.15) is 5.10 Å². The summed E-state index contributed by atoms with van der Waals surface area (Å²) in [5.74, 6) is -1.12. The molecule has 0 aliphatic rings. The molecule has 2 N–H and O–H groups in total. The third-order valence-electron chi connectivity index (χ3n) is 5.93. The van der Waals surface area contributed by atoms with Gasteiger partial charge in [0.1, 0.15) is 0 Å². The number of hydrazone groups is 1. The molecule has 0 aliphatic carbocycles. The van der Waals surface area contributed by atoms with Gasteiger partial charge < -0.3 is 5.32 Å². The van der Waals surface area contributed by atoms with Crippen molar-refractivity contribution >= 4 is 17.5 Å². The largest absolute Gasteiger partial charge is 0.346 e. The van der Waals surface area contributed by atoms with Crippen molar-refractivity contribution in [1.29, 1.82) is 0 Å². The van der Waals surface area contributed by atoms with Gasteiger partial charge in [-0.1, -0.05) is 122 Å². The highest BCUT2D eigenvalue weighted by Crippen LogP contribution is 2.24. The highest BCUT2D eigenvalue weighted by molar-refractivity contribution is 6.01. The van der Waals surface area contributed by atoms with Gasteiger partial charge in [-0.05, 0) is 34.2 Å². The van der Waals surface area contributed by atoms with Crippen LogP contribution in [-0.2, 0) is 9.59 Å². The fourth-order valence-electron chi connectivity index (χ4n) is 4.06. The molecular weight excluding hydrogens is 446 g/mol. The summed E-state index contributed by atoms with van der Waals surface area (Å²) in [5, 5.41) is 7.09. The van der Waals surface area contributed by atoms with Crippen LogP contribution in [0.25, 0.3) is 11.1 Å². The van der Waals surface area contributed by atoms with E-state index in [0.717, 1.165) is 33.5 Å². The van der Waals surface area contributed by atoms with E-state index in [1.54, 1.807) is 0 Å². The standard InChI is InChI=1S/C31H29N3O2/c1-2-28(25-20-18-24(19-21-25)23-12-6-3-7-13-23)33-34-29(35)22-32-31(36)30(26-14-8-4-9-15-26)27-16-10-5-11-17-27/h3-21,30H,2,22H2,1H3,(H,32,36)(H,34,35)/b33-28+. The van der Waals surface area contributed by atoms with E-state index in [-0.39, 0.29) is 18.4 Å². The van der Waals surface area contributed by atoms with Crippen LogP contribution in [0.5, 0.6) is 0 Å². The zero-order valence-corrected chi connectivity index (χ0v) is 20.2. The minimum absolute atomic E-state index is 0.164. The van der Waals surface area contributed by atoms with E-state index in [9.17, 15) is 9.59 Å². The molecule has 0 saturated carbocycles. The van der Waals surface area contributed by atoms with Crippen LogP contribution in [0.15, 0.2) is 120 Å². The molecule has 0 aliphatic heterocycles. The summed E-state index contributed by atoms with van der Waals surface area (Å²) >= 11 is 0. The van der Waals surface area contributed by atoms with E-state index in [2.05, 4.69) is 28.0 Å². The Morgan fingerprint density at radius 1 is 0.694 bits per heavy atom. The van der Waals surface area contributed by atoms with Crippen LogP contribution in [-0.4, -0.2) is 24.1 Å². The van der Waals surface area contributed by atoms with Crippen LogP contribution in [0.1, 0.15) is 36.0 Å². The second-order valence-electron chi connectivity index (χ2n) is 8.36. The Balaban J connectivity index is 1.39. The van der Waals surface area contributed by atoms with Gasteiger partial charge in [0, 0.05) is 0 Å². The molecule has 4 aromatic carbocycles. The number of nitrogens with zero attached hydrogens (tertiary/aromatic N) is 1. The Bertz CT molecular complexity index is 1260. The van der Waals surface area contributed by atoms with E-state index in [0.29, 0.717) is 6.42 Å². The van der Waals surface area contributed by atoms with Crippen LogP contribution in [0, 0.1) is 0 Å². The lowest BCUT2D eigenvalue weighted by Gasteiger charge is -2.17. The molecule has 0 atom stereocenters. The number of hydrogen-bond donors (Lipinski definition) is 2. The molecule has 0 bridgehead atoms. The minimum Gasteiger partial charge on any atom is -0.346 e. The van der Waals surface area contributed by atoms with Gasteiger partial charge in [0.2, 0.25) is 5.91 Å². The van der Waals surface area contributed by atoms with Gasteiger partial charge in [0.15, 0.2) is 0 Å². The van der Waals surface area contributed by atoms with Gasteiger partial charge in [-0.3, -0.25) is 9.59 Å². The lowest BCUT2D eigenvalue weighted by molar-refractivity contribution is -0.126. The monoisotopic (exact) mass is 475 g/mol. The average molecular weight is 476 g/mol. The van der Waals surface area contributed by atoms with E-state index in [1.165, 1.54) is 0 Å². The van der Waals surface area contributed by atoms with Gasteiger partial charge in [-0.15, -0.1) is 0 Å². The van der Waals surface area contributed by atoms with Crippen molar-refractivity contribution in [3.05, 3.63) is 132 Å². The normalized spacial score (nSPS) is 11.2. The van der Waals surface area contributed by atoms with Crippen LogP contribution in [0.3, 0.4) is 0 Å². The molecule has 4 aromatic rings. The lowest BCUT2D eigenvalue weighted by atomic mass is 9.90. The summed E-state index contributed by atoms with van der Waals surface area (Å²) in [4.78, 5) is 25.6. The average Bonchev–Trinajstić information content (AvgIpc) is 2.94. The van der Waals surface area contributed by atoms with Crippen molar-refractivity contribution in [2.45, 2.75) is 19.3 Å². The maximum absolute atomic E-state index is 13.1. The Morgan fingerprint density at radius 2 is 1.19 bits per heavy atom. The third-order valence-corrected chi connectivity index (χ3v) is 5.93. The maximum Gasteiger partial charge on any atom is 0.259 e. The van der Waals surface area contributed by atoms with Gasteiger partial charge in [0.25, 0.3) is 5.91 Å². The fourth-order valence-corrected chi connectivity index (χ4v) is 4.06. The SMILES string of the molecule is CC/C(=N\NC(=O)CNC(=O)C(c1ccccc1)c1ccccc1)c1ccc(-c2ccccc2)cc1. The summed E-state index contributed by atoms with van der Waals surface area (Å²) in [6.07, 6.45) is 0.654. The molecule has 5 heteroatoms. The van der Waals surface area contributed by atoms with Crippen molar-refractivity contribution < 1.29 is 9.59 Å². The Hall–Kier alpha value is -4.51. The molecule has 0 spiro atoms. The number of nitrogens with one attached hydrogen (secondary N) is 2. The highest BCUT2D eigenvalue weighted by Gasteiger charge is 2.22. The topological polar surface area (TPSA) is 70.6 Å². The number of carbonyl (C=O) groups is 2. The second kappa shape index (κ2) is 12.3. The molecule has 0 saturated heterocycles. The van der Waals surface area contributed by atoms with E-state index < -0.39 is 5.92 Å². The van der Waals surface area contributed by atoms with Crippen molar-refractivity contribution in [2.75, 3.05) is 6.54 Å². The predicted molar refractivity (Wildman–Crippen MR) is 145 cm³/mol. The van der Waals surface area contributed by atoms with Gasteiger partial charge in [-0.25, -0.2) is 5.43 Å². The lowest BCUT2D eigenvalue weighted by Crippen LogP contribution is -2.38. The Morgan fingerprint density at radius 3 is 1.72 bits per heavy atom. The summed E-state index contributed by atoms with van der Waals surface area (Å²) < 4.78 is 0. The summed E-state index contributed by atoms with van der Waals surface area (Å²) in [6.45, 7) is 1.82. The first-order chi connectivity index (χ1) is 17.7. The van der Waals surface area contributed by atoms with E-state index in [1.807, 2.05) is 110 Å². The van der Waals surface area contributed by atoms with Crippen molar-refractivity contribution in [1.82, 2.24) is 10.7 Å². The second-order valence-corrected chi connectivity index (χ2v) is 8.36. The predicted octanol–water partition coefficient (Wildman–Crippen LogP) is 5.53. The smallest absolute Gasteiger partial charge is 0.259 e. The summed E-state index contributed by atoms with van der Waals surface area (Å²) in [7, 11) is 0. The first kappa shape index (κ1) is 24.6. The highest BCUT2D eigenvalue weighted by atomic mass is 16.2. The summed E-state index contributed by atoms with van der Waals surface area (Å²) in [5.41, 5.74) is 8.29. The Kier molecular flexibility index (Phi) is 8.39. The van der Waals surface area contributed by atoms with Gasteiger partial charge in [0.05, 0.1) is 18.2 Å². The molecule has 5 nitrogen and oxygen atoms in total. The molecule has 36 heavy (non-hydrogen) atoms. The molecule has 0 heterocycles. The summed E-state index contributed by atoms with van der Waals surface area (Å²) in [6, 6.07) is 37.3. The number of benzene rings is 4. The first-order valence-electron chi connectivity index (χ1n) is 12.0. The Labute approximate surface area is 211 Å². The first-order valence-corrected chi connectivity index (χ1v) is 12.0. The van der Waals surface area contributed by atoms with Crippen molar-refractivity contribution in [2.24, 2.45) is 5.10 Å². The minimum atomic E-state index is -0.502. The zero-order valence-electron chi connectivity index (χ0n) is 20.2. The molecule has 180 valence electrons. The van der Waals surface area contributed by atoms with Gasteiger partial charge >= 0.3 is 0 Å². The molecule has 0 radical (unpaired) electrons. The zero-order chi connectivity index (χ0) is 25.2. The number of hydrogen-bond acceptors (Lipinski definition) is 3. The molecule has 0 unspecified atom stereocenters. The molecule has 4 rings (SSSR count). The maximum atomic E-state index is 13.1. The van der Waals surface area contributed by atoms with Crippen LogP contribution in [0.2, 0.25) is 0 Å². The number of amides is 2. The van der Waals surface area contributed by atoms with Crippen LogP contribution < -0.4 is 10.7 Å². The third kappa shape index (κ3) is 6.33. The van der Waals surface area contributed by atoms with Crippen LogP contribution >= 0.6 is 0 Å². The quantitative estimate of drug-likeness (QED) is 0.247. The van der Waals surface area contributed by atoms with E-state index in [4.69, 9.17) is 0 Å².